The van der Waals surface area contributed by atoms with Crippen molar-refractivity contribution in [3.8, 4) is 0 Å². The fourth-order valence-corrected chi connectivity index (χ4v) is 3.77. The number of alkyl halides is 2. The van der Waals surface area contributed by atoms with E-state index in [9.17, 15) is 27.6 Å². The van der Waals surface area contributed by atoms with E-state index < -0.39 is 42.6 Å². The zero-order valence-electron chi connectivity index (χ0n) is 17.4. The normalized spacial score (nSPS) is 17.6. The summed E-state index contributed by atoms with van der Waals surface area (Å²) >= 11 is 6.18. The van der Waals surface area contributed by atoms with E-state index >= 15 is 0 Å². The van der Waals surface area contributed by atoms with Crippen LogP contribution in [0.5, 0.6) is 0 Å². The maximum atomic E-state index is 13.6. The third kappa shape index (κ3) is 6.44. The van der Waals surface area contributed by atoms with E-state index in [0.717, 1.165) is 36.5 Å². The molecule has 7 nitrogen and oxygen atoms in total. The third-order valence-corrected chi connectivity index (χ3v) is 5.51. The van der Waals surface area contributed by atoms with E-state index in [2.05, 4.69) is 15.6 Å². The molecule has 2 fully saturated rings. The SMILES string of the molecule is O=C1CCCN1.O=CN(c1cncc(F)c1)[C@H](C(=O)NC1CC(F)(F)C1)c1ccccc1Cl. The van der Waals surface area contributed by atoms with Gasteiger partial charge in [-0.1, -0.05) is 29.8 Å². The van der Waals surface area contributed by atoms with Crippen molar-refractivity contribution in [2.24, 2.45) is 0 Å². The molecule has 2 aromatic rings. The number of amides is 3. The van der Waals surface area contributed by atoms with Crippen LogP contribution in [0.25, 0.3) is 0 Å². The van der Waals surface area contributed by atoms with E-state index in [1.54, 1.807) is 12.1 Å². The molecular formula is C22H22ClF3N4O3. The number of hydrogen-bond donors (Lipinski definition) is 2. The van der Waals surface area contributed by atoms with Crippen LogP contribution in [0, 0.1) is 5.82 Å². The Bertz CT molecular complexity index is 1010. The van der Waals surface area contributed by atoms with Gasteiger partial charge in [0.1, 0.15) is 11.9 Å². The van der Waals surface area contributed by atoms with Gasteiger partial charge in [0.15, 0.2) is 0 Å². The van der Waals surface area contributed by atoms with Gasteiger partial charge in [-0.3, -0.25) is 24.3 Å². The molecule has 1 aliphatic carbocycles. The molecule has 0 spiro atoms. The molecule has 33 heavy (non-hydrogen) atoms. The molecule has 1 aromatic carbocycles. The Balaban J connectivity index is 0.000000442. The van der Waals surface area contributed by atoms with Gasteiger partial charge in [0.25, 0.3) is 5.92 Å². The van der Waals surface area contributed by atoms with Crippen molar-refractivity contribution in [3.05, 3.63) is 59.1 Å². The minimum atomic E-state index is -2.81. The molecule has 3 amide bonds. The second-order valence-electron chi connectivity index (χ2n) is 7.72. The molecule has 11 heteroatoms. The van der Waals surface area contributed by atoms with Gasteiger partial charge in [-0.15, -0.1) is 0 Å². The van der Waals surface area contributed by atoms with Crippen molar-refractivity contribution in [1.82, 2.24) is 15.6 Å². The van der Waals surface area contributed by atoms with Crippen molar-refractivity contribution in [2.45, 2.75) is 43.7 Å². The lowest BCUT2D eigenvalue weighted by Gasteiger charge is -2.37. The van der Waals surface area contributed by atoms with Crippen molar-refractivity contribution in [1.29, 1.82) is 0 Å². The minimum Gasteiger partial charge on any atom is -0.356 e. The average Bonchev–Trinajstić information content (AvgIpc) is 3.22. The smallest absolute Gasteiger partial charge is 0.252 e. The van der Waals surface area contributed by atoms with Gasteiger partial charge in [0, 0.05) is 48.5 Å². The van der Waals surface area contributed by atoms with E-state index in [-0.39, 0.29) is 22.2 Å². The summed E-state index contributed by atoms with van der Waals surface area (Å²) < 4.78 is 39.7. The number of carbonyl (C=O) groups excluding carboxylic acids is 3. The van der Waals surface area contributed by atoms with Crippen LogP contribution in [-0.4, -0.2) is 41.7 Å². The number of benzene rings is 1. The molecule has 1 aliphatic heterocycles. The second kappa shape index (κ2) is 10.7. The molecule has 0 radical (unpaired) electrons. The monoisotopic (exact) mass is 482 g/mol. The molecule has 1 aromatic heterocycles. The summed E-state index contributed by atoms with van der Waals surface area (Å²) in [7, 11) is 0. The first-order valence-corrected chi connectivity index (χ1v) is 10.6. The molecule has 4 rings (SSSR count). The summed E-state index contributed by atoms with van der Waals surface area (Å²) in [4.78, 5) is 39.4. The van der Waals surface area contributed by atoms with E-state index in [1.165, 1.54) is 18.3 Å². The number of pyridine rings is 1. The zero-order valence-corrected chi connectivity index (χ0v) is 18.2. The molecule has 2 heterocycles. The summed E-state index contributed by atoms with van der Waals surface area (Å²) in [6.45, 7) is 0.888. The van der Waals surface area contributed by atoms with Crippen molar-refractivity contribution >= 4 is 35.5 Å². The first-order chi connectivity index (χ1) is 15.7. The minimum absolute atomic E-state index is 0.0315. The third-order valence-electron chi connectivity index (χ3n) is 5.17. The molecule has 0 unspecified atom stereocenters. The van der Waals surface area contributed by atoms with E-state index in [1.807, 2.05) is 0 Å². The van der Waals surface area contributed by atoms with Gasteiger partial charge in [-0.2, -0.15) is 0 Å². The van der Waals surface area contributed by atoms with Crippen LogP contribution in [-0.2, 0) is 14.4 Å². The van der Waals surface area contributed by atoms with Crippen LogP contribution in [0.15, 0.2) is 42.7 Å². The quantitative estimate of drug-likeness (QED) is 0.617. The molecule has 1 saturated carbocycles. The van der Waals surface area contributed by atoms with Gasteiger partial charge < -0.3 is 10.6 Å². The Labute approximate surface area is 193 Å². The van der Waals surface area contributed by atoms with Crippen LogP contribution in [0.3, 0.4) is 0 Å². The summed E-state index contributed by atoms with van der Waals surface area (Å²) in [6, 6.07) is 5.38. The standard InChI is InChI=1S/C18H15ClF3N3O2.C4H7NO/c19-15-4-2-1-3-14(15)16(17(27)24-12-6-18(21,22)7-12)25(10-26)13-5-11(20)8-23-9-13;6-4-2-1-3-5-4/h1-5,8-10,12,16H,6-7H2,(H,24,27);1-3H2,(H,5,6)/t16-;/m0./s1. The summed E-state index contributed by atoms with van der Waals surface area (Å²) in [6.07, 6.45) is 3.32. The molecule has 1 atom stereocenters. The Morgan fingerprint density at radius 1 is 1.30 bits per heavy atom. The highest BCUT2D eigenvalue weighted by Gasteiger charge is 2.47. The largest absolute Gasteiger partial charge is 0.356 e. The number of nitrogens with one attached hydrogen (secondary N) is 2. The summed E-state index contributed by atoms with van der Waals surface area (Å²) in [5.41, 5.74) is 0.308. The fraction of sp³-hybridized carbons (Fsp3) is 0.364. The van der Waals surface area contributed by atoms with E-state index in [0.29, 0.717) is 6.41 Å². The number of aromatic nitrogens is 1. The topological polar surface area (TPSA) is 91.4 Å². The summed E-state index contributed by atoms with van der Waals surface area (Å²) in [5, 5.41) is 5.39. The average molecular weight is 483 g/mol. The van der Waals surface area contributed by atoms with Crippen LogP contribution in [0.2, 0.25) is 5.02 Å². The van der Waals surface area contributed by atoms with Gasteiger partial charge in [-0.05, 0) is 12.5 Å². The number of nitrogens with zero attached hydrogens (tertiary/aromatic N) is 2. The molecular weight excluding hydrogens is 461 g/mol. The lowest BCUT2D eigenvalue weighted by atomic mass is 9.88. The van der Waals surface area contributed by atoms with Crippen molar-refractivity contribution in [3.63, 3.8) is 0 Å². The van der Waals surface area contributed by atoms with Crippen molar-refractivity contribution < 1.29 is 27.6 Å². The van der Waals surface area contributed by atoms with Gasteiger partial charge >= 0.3 is 0 Å². The molecule has 176 valence electrons. The van der Waals surface area contributed by atoms with Crippen molar-refractivity contribution in [2.75, 3.05) is 11.4 Å². The predicted molar refractivity (Wildman–Crippen MR) is 115 cm³/mol. The molecule has 2 N–H and O–H groups in total. The molecule has 2 aliphatic rings. The highest BCUT2D eigenvalue weighted by molar-refractivity contribution is 6.31. The Morgan fingerprint density at radius 3 is 2.55 bits per heavy atom. The van der Waals surface area contributed by atoms with E-state index in [4.69, 9.17) is 11.6 Å². The van der Waals surface area contributed by atoms with Crippen LogP contribution < -0.4 is 15.5 Å². The van der Waals surface area contributed by atoms with Gasteiger partial charge in [0.2, 0.25) is 18.2 Å². The van der Waals surface area contributed by atoms with Gasteiger partial charge in [-0.25, -0.2) is 13.2 Å². The Kier molecular flexibility index (Phi) is 7.91. The van der Waals surface area contributed by atoms with Crippen LogP contribution in [0.1, 0.15) is 37.3 Å². The first kappa shape index (κ1) is 24.5. The number of halogens is 4. The second-order valence-corrected chi connectivity index (χ2v) is 8.13. The van der Waals surface area contributed by atoms with Crippen LogP contribution in [0.4, 0.5) is 18.9 Å². The number of anilines is 1. The lowest BCUT2D eigenvalue weighted by Crippen LogP contribution is -2.53. The first-order valence-electron chi connectivity index (χ1n) is 10.2. The number of hydrogen-bond acceptors (Lipinski definition) is 4. The van der Waals surface area contributed by atoms with Crippen LogP contribution >= 0.6 is 11.6 Å². The van der Waals surface area contributed by atoms with Gasteiger partial charge in [0.05, 0.1) is 18.1 Å². The Morgan fingerprint density at radius 2 is 2.03 bits per heavy atom. The number of carbonyl (C=O) groups is 3. The maximum Gasteiger partial charge on any atom is 0.252 e. The zero-order chi connectivity index (χ0) is 24.0. The Hall–Kier alpha value is -3.14. The highest BCUT2D eigenvalue weighted by atomic mass is 35.5. The maximum absolute atomic E-state index is 13.6. The highest BCUT2D eigenvalue weighted by Crippen LogP contribution is 2.38. The fourth-order valence-electron chi connectivity index (χ4n) is 3.54. The molecule has 1 saturated heterocycles. The number of rotatable bonds is 6. The lowest BCUT2D eigenvalue weighted by molar-refractivity contribution is -0.131. The molecule has 0 bridgehead atoms. The predicted octanol–water partition coefficient (Wildman–Crippen LogP) is 3.39. The summed E-state index contributed by atoms with van der Waals surface area (Å²) in [5.74, 6) is -4.00.